The van der Waals surface area contributed by atoms with Gasteiger partial charge in [-0.1, -0.05) is 43.3 Å². The van der Waals surface area contributed by atoms with Gasteiger partial charge in [-0.15, -0.1) is 0 Å². The predicted molar refractivity (Wildman–Crippen MR) is 102 cm³/mol. The van der Waals surface area contributed by atoms with Crippen molar-refractivity contribution >= 4 is 12.2 Å². The van der Waals surface area contributed by atoms with Gasteiger partial charge in [-0.3, -0.25) is 0 Å². The lowest BCUT2D eigenvalue weighted by Crippen LogP contribution is -2.11. The number of aromatic nitrogens is 1. The monoisotopic (exact) mass is 363 g/mol. The number of pyridine rings is 1. The molecule has 0 aliphatic rings. The molecular formula is C21H26FNO3. The second-order valence-electron chi connectivity index (χ2n) is 5.46. The topological polar surface area (TPSA) is 40.6 Å². The Morgan fingerprint density at radius 2 is 1.65 bits per heavy atom. The Balaban J connectivity index is 1.81. The summed E-state index contributed by atoms with van der Waals surface area (Å²) in [6.45, 7) is -0.333. The van der Waals surface area contributed by atoms with E-state index in [9.17, 15) is 4.39 Å². The molecular weight excluding hydrogens is 333 g/mol. The van der Waals surface area contributed by atoms with E-state index in [0.717, 1.165) is 17.5 Å². The second-order valence-corrected chi connectivity index (χ2v) is 5.46. The van der Waals surface area contributed by atoms with Crippen molar-refractivity contribution in [2.24, 2.45) is 0 Å². The van der Waals surface area contributed by atoms with Gasteiger partial charge in [0.25, 0.3) is 0 Å². The maximum atomic E-state index is 11.9. The fourth-order valence-corrected chi connectivity index (χ4v) is 2.10. The lowest BCUT2D eigenvalue weighted by atomic mass is 10.1. The van der Waals surface area contributed by atoms with Gasteiger partial charge < -0.3 is 14.2 Å². The van der Waals surface area contributed by atoms with E-state index < -0.39 is 13.2 Å². The lowest BCUT2D eigenvalue weighted by molar-refractivity contribution is 0.0320. The van der Waals surface area contributed by atoms with Crippen LogP contribution in [0.4, 0.5) is 4.39 Å². The molecule has 0 saturated carbocycles. The summed E-state index contributed by atoms with van der Waals surface area (Å²) in [7, 11) is 0. The Morgan fingerprint density at radius 3 is 2.31 bits per heavy atom. The largest absolute Gasteiger partial charge is 0.475 e. The molecule has 0 aliphatic carbocycles. The molecule has 0 N–H and O–H groups in total. The van der Waals surface area contributed by atoms with Crippen LogP contribution in [-0.4, -0.2) is 44.6 Å². The number of rotatable bonds is 12. The molecule has 0 atom stereocenters. The summed E-state index contributed by atoms with van der Waals surface area (Å²) in [5, 5.41) is 0. The fourth-order valence-electron chi connectivity index (χ4n) is 2.10. The van der Waals surface area contributed by atoms with Crippen LogP contribution >= 0.6 is 0 Å². The molecule has 1 heterocycles. The van der Waals surface area contributed by atoms with Crippen LogP contribution in [0.3, 0.4) is 0 Å². The van der Waals surface area contributed by atoms with E-state index in [4.69, 9.17) is 17.0 Å². The SMILES string of the molecule is [3H]C([3H])(COCCOCCF)Oc1ccc(/C=C/c2ccc(CC)cc2)cn1. The highest BCUT2D eigenvalue weighted by molar-refractivity contribution is 5.69. The van der Waals surface area contributed by atoms with E-state index in [0.29, 0.717) is 0 Å². The Hall–Kier alpha value is -2.24. The van der Waals surface area contributed by atoms with Crippen molar-refractivity contribution in [3.8, 4) is 5.88 Å². The number of hydrogen-bond donors (Lipinski definition) is 0. The molecule has 2 rings (SSSR count). The molecule has 2 aromatic rings. The minimum Gasteiger partial charge on any atom is -0.475 e. The number of alkyl halides is 1. The molecule has 0 amide bonds. The summed E-state index contributed by atoms with van der Waals surface area (Å²) in [5.74, 6) is 0.173. The fraction of sp³-hybridized carbons (Fsp3) is 0.381. The van der Waals surface area contributed by atoms with E-state index in [1.165, 1.54) is 5.56 Å². The average molecular weight is 363 g/mol. The summed E-state index contributed by atoms with van der Waals surface area (Å²) in [4.78, 5) is 4.14. The third kappa shape index (κ3) is 7.76. The van der Waals surface area contributed by atoms with Gasteiger partial charge in [-0.05, 0) is 29.2 Å². The van der Waals surface area contributed by atoms with Gasteiger partial charge in [0.2, 0.25) is 5.88 Å². The van der Waals surface area contributed by atoms with Gasteiger partial charge in [0.15, 0.2) is 0 Å². The van der Waals surface area contributed by atoms with E-state index in [1.807, 2.05) is 12.2 Å². The number of hydrogen-bond acceptors (Lipinski definition) is 4. The first-order valence-electron chi connectivity index (χ1n) is 9.66. The molecule has 0 fully saturated rings. The highest BCUT2D eigenvalue weighted by Crippen LogP contribution is 2.12. The highest BCUT2D eigenvalue weighted by Gasteiger charge is 1.97. The van der Waals surface area contributed by atoms with Crippen LogP contribution in [0, 0.1) is 0 Å². The Kier molecular flexibility index (Phi) is 8.04. The molecule has 0 unspecified atom stereocenters. The van der Waals surface area contributed by atoms with Gasteiger partial charge >= 0.3 is 0 Å². The van der Waals surface area contributed by atoms with Gasteiger partial charge in [0.05, 0.1) is 29.2 Å². The van der Waals surface area contributed by atoms with E-state index in [1.54, 1.807) is 18.3 Å². The van der Waals surface area contributed by atoms with Crippen molar-refractivity contribution in [3.05, 3.63) is 59.3 Å². The Morgan fingerprint density at radius 1 is 0.962 bits per heavy atom. The van der Waals surface area contributed by atoms with Crippen molar-refractivity contribution in [2.75, 3.05) is 39.7 Å². The minimum atomic E-state index is -2.02. The smallest absolute Gasteiger partial charge is 0.213 e. The van der Waals surface area contributed by atoms with E-state index in [2.05, 4.69) is 36.2 Å². The lowest BCUT2D eigenvalue weighted by Gasteiger charge is -2.06. The zero-order chi connectivity index (χ0) is 20.2. The summed E-state index contributed by atoms with van der Waals surface area (Å²) in [6.07, 6.45) is 6.57. The van der Waals surface area contributed by atoms with Crippen LogP contribution in [-0.2, 0) is 15.9 Å². The van der Waals surface area contributed by atoms with E-state index >= 15 is 0 Å². The Bertz CT molecular complexity index is 721. The maximum Gasteiger partial charge on any atom is 0.213 e. The molecule has 1 aromatic carbocycles. The predicted octanol–water partition coefficient (Wildman–Crippen LogP) is 4.20. The molecule has 5 heteroatoms. The molecule has 0 spiro atoms. The molecule has 140 valence electrons. The van der Waals surface area contributed by atoms with Crippen LogP contribution in [0.25, 0.3) is 12.2 Å². The Labute approximate surface area is 157 Å². The third-order valence-electron chi connectivity index (χ3n) is 3.55. The molecule has 0 bridgehead atoms. The van der Waals surface area contributed by atoms with E-state index in [-0.39, 0.29) is 32.3 Å². The first-order chi connectivity index (χ1) is 13.5. The standard InChI is InChI=1S/C21H26FNO3/c1-2-18-3-5-19(6-4-18)7-8-20-9-10-21(23-17-20)26-16-15-25-14-13-24-12-11-22/h3-10,17H,2,11-16H2,1H3/b8-7+/i16T2. The number of aryl methyl sites for hydroxylation is 1. The zero-order valence-corrected chi connectivity index (χ0v) is 15.0. The molecule has 0 radical (unpaired) electrons. The number of nitrogens with zero attached hydrogens (tertiary/aromatic N) is 1. The molecule has 4 nitrogen and oxygen atoms in total. The quantitative estimate of drug-likeness (QED) is 0.530. The van der Waals surface area contributed by atoms with Gasteiger partial charge in [-0.2, -0.15) is 0 Å². The van der Waals surface area contributed by atoms with Gasteiger partial charge in [0, 0.05) is 12.3 Å². The zero-order valence-electron chi connectivity index (χ0n) is 17.0. The van der Waals surface area contributed by atoms with Crippen LogP contribution in [0.2, 0.25) is 0 Å². The third-order valence-corrected chi connectivity index (χ3v) is 3.55. The van der Waals surface area contributed by atoms with Crippen molar-refractivity contribution < 1.29 is 21.3 Å². The summed E-state index contributed by atoms with van der Waals surface area (Å²) in [5.41, 5.74) is 3.28. The van der Waals surface area contributed by atoms with Gasteiger partial charge in [0.1, 0.15) is 13.2 Å². The number of halogens is 1. The van der Waals surface area contributed by atoms with Crippen LogP contribution in [0.1, 0.15) is 26.4 Å². The van der Waals surface area contributed by atoms with Gasteiger partial charge in [-0.25, -0.2) is 9.37 Å². The van der Waals surface area contributed by atoms with Crippen LogP contribution in [0.15, 0.2) is 42.6 Å². The molecule has 0 aliphatic heterocycles. The van der Waals surface area contributed by atoms with Crippen molar-refractivity contribution in [1.82, 2.24) is 4.98 Å². The molecule has 26 heavy (non-hydrogen) atoms. The summed E-state index contributed by atoms with van der Waals surface area (Å²) in [6, 6.07) is 11.8. The van der Waals surface area contributed by atoms with Crippen LogP contribution in [0.5, 0.6) is 5.88 Å². The maximum absolute atomic E-state index is 11.9. The molecule has 0 saturated heterocycles. The normalized spacial score (nSPS) is 12.8. The first-order valence-corrected chi connectivity index (χ1v) is 8.66. The first kappa shape index (κ1) is 17.2. The number of benzene rings is 1. The highest BCUT2D eigenvalue weighted by atomic mass is 19.1. The number of ether oxygens (including phenoxy) is 3. The average Bonchev–Trinajstić information content (AvgIpc) is 2.70. The van der Waals surface area contributed by atoms with Crippen molar-refractivity contribution in [1.29, 1.82) is 0 Å². The second kappa shape index (κ2) is 12.2. The summed E-state index contributed by atoms with van der Waals surface area (Å²) >= 11 is 0. The summed E-state index contributed by atoms with van der Waals surface area (Å²) < 4.78 is 42.8. The van der Waals surface area contributed by atoms with Crippen molar-refractivity contribution in [2.45, 2.75) is 13.3 Å². The van der Waals surface area contributed by atoms with Crippen LogP contribution < -0.4 is 4.74 Å². The van der Waals surface area contributed by atoms with Crippen molar-refractivity contribution in [3.63, 3.8) is 0 Å². The minimum absolute atomic E-state index is 0.0154. The molecule has 1 aromatic heterocycles.